The summed E-state index contributed by atoms with van der Waals surface area (Å²) in [5, 5.41) is 75.3. The van der Waals surface area contributed by atoms with Gasteiger partial charge in [-0.2, -0.15) is 0 Å². The van der Waals surface area contributed by atoms with Crippen LogP contribution in [0.2, 0.25) is 0 Å². The standard InChI is InChI=1S/C25H35NO9.C22H28N2O2/c1-12(2)22(31)17(34-16(28)14-7-6-10-26-14)23(32)18(4)11-21(30)19(22,5)25(23,33)24(35-21)15(27)13(3)8-9-20(18,24)29;1-7-17-8-10-18(11-9-17)20(25)23-24(22(4,5)6)21(26)19-13-15(2)12-16(3)14-19/h6-7,10,12-13,15,17,26-27,29-33H,8-9,11H2,1-5H3;8-14H,7H2,1-6H3,(H,23,25)/t13-,15+,17+,18-,19+,20-,21-,22+,23+,24+,25+;/m0./s1. The average molecular weight is 846 g/mol. The predicted octanol–water partition coefficient (Wildman–Crippen LogP) is 4.26. The summed E-state index contributed by atoms with van der Waals surface area (Å²) >= 11 is 0. The highest BCUT2D eigenvalue weighted by atomic mass is 16.7. The molecule has 14 heteroatoms. The van der Waals surface area contributed by atoms with E-state index in [1.165, 1.54) is 36.7 Å². The summed E-state index contributed by atoms with van der Waals surface area (Å²) in [5.41, 5.74) is -8.69. The van der Waals surface area contributed by atoms with Crippen molar-refractivity contribution in [3.63, 3.8) is 0 Å². The highest BCUT2D eigenvalue weighted by molar-refractivity contribution is 5.99. The van der Waals surface area contributed by atoms with E-state index in [4.69, 9.17) is 9.47 Å². The number of nitrogens with one attached hydrogen (secondary N) is 2. The molecule has 0 unspecified atom stereocenters. The summed E-state index contributed by atoms with van der Waals surface area (Å²) < 4.78 is 12.1. The molecule has 0 radical (unpaired) electrons. The van der Waals surface area contributed by atoms with Gasteiger partial charge in [0.05, 0.1) is 17.1 Å². The molecule has 2 aromatic carbocycles. The highest BCUT2D eigenvalue weighted by Gasteiger charge is 3.10. The third-order valence-corrected chi connectivity index (χ3v) is 15.5. The van der Waals surface area contributed by atoms with Crippen LogP contribution in [0.15, 0.2) is 60.8 Å². The predicted molar refractivity (Wildman–Crippen MR) is 224 cm³/mol. The van der Waals surface area contributed by atoms with Crippen LogP contribution in [0.5, 0.6) is 0 Å². The van der Waals surface area contributed by atoms with Gasteiger partial charge in [0.2, 0.25) is 0 Å². The summed E-state index contributed by atoms with van der Waals surface area (Å²) in [6.07, 6.45) is -0.717. The Labute approximate surface area is 357 Å². The second-order valence-corrected chi connectivity index (χ2v) is 20.1. The first-order valence-electron chi connectivity index (χ1n) is 21.3. The van der Waals surface area contributed by atoms with E-state index in [0.29, 0.717) is 17.5 Å². The van der Waals surface area contributed by atoms with Crippen LogP contribution in [0, 0.1) is 36.5 Å². The van der Waals surface area contributed by atoms with Crippen molar-refractivity contribution in [2.45, 2.75) is 153 Å². The van der Waals surface area contributed by atoms with E-state index in [-0.39, 0.29) is 30.3 Å². The summed E-state index contributed by atoms with van der Waals surface area (Å²) in [7, 11) is 0. The number of hydrogen-bond acceptors (Lipinski definition) is 11. The van der Waals surface area contributed by atoms with Crippen LogP contribution < -0.4 is 5.43 Å². The minimum absolute atomic E-state index is 0.0654. The fourth-order valence-corrected chi connectivity index (χ4v) is 12.4. The van der Waals surface area contributed by atoms with Gasteiger partial charge in [-0.25, -0.2) is 9.80 Å². The molecule has 6 bridgehead atoms. The SMILES string of the molecule is CC(C)[C@@]1(O)[C@@H](OC(=O)c2ccc[nH]2)[C@@]2(O)[C@@]3(C)C[C@]4(O)O[C@@]5([C@H](O)[C@@H](C)CC[C@]35O)[C@@]2(O)[C@@]14C.CCc1ccc(C(=O)NN(C(=O)c2cc(C)cc(C)c2)C(C)(C)C)cc1. The average Bonchev–Trinajstić information content (AvgIpc) is 3.82. The quantitative estimate of drug-likeness (QED) is 0.129. The van der Waals surface area contributed by atoms with Gasteiger partial charge in [-0.05, 0) is 115 Å². The number of aromatic nitrogens is 1. The van der Waals surface area contributed by atoms with Gasteiger partial charge in [0.25, 0.3) is 11.8 Å². The smallest absolute Gasteiger partial charge is 0.355 e. The number of aromatic amines is 1. The van der Waals surface area contributed by atoms with Crippen molar-refractivity contribution in [3.05, 3.63) is 94.3 Å². The maximum absolute atomic E-state index is 13.2. The molecule has 8 N–H and O–H groups in total. The van der Waals surface area contributed by atoms with Gasteiger partial charge in [-0.1, -0.05) is 63.9 Å². The zero-order valence-corrected chi connectivity index (χ0v) is 37.1. The molecule has 3 heterocycles. The molecule has 9 rings (SSSR count). The van der Waals surface area contributed by atoms with Gasteiger partial charge in [-0.15, -0.1) is 0 Å². The van der Waals surface area contributed by atoms with Crippen molar-refractivity contribution in [1.29, 1.82) is 0 Å². The van der Waals surface area contributed by atoms with Gasteiger partial charge in [0.15, 0.2) is 17.5 Å². The van der Waals surface area contributed by atoms with E-state index >= 15 is 0 Å². The van der Waals surface area contributed by atoms with Gasteiger partial charge < -0.3 is 45.1 Å². The minimum Gasteiger partial charge on any atom is -0.451 e. The Hall–Kier alpha value is -4.15. The first-order chi connectivity index (χ1) is 28.1. The number of carbonyl (C=O) groups excluding carboxylic acids is 3. The molecule has 4 aliphatic carbocycles. The molecule has 2 saturated heterocycles. The molecule has 2 amide bonds. The minimum atomic E-state index is -2.59. The topological polar surface area (TPSA) is 222 Å². The van der Waals surface area contributed by atoms with Gasteiger partial charge >= 0.3 is 5.97 Å². The molecule has 6 fully saturated rings. The van der Waals surface area contributed by atoms with Crippen LogP contribution in [0.3, 0.4) is 0 Å². The number of hydrazine groups is 1. The van der Waals surface area contributed by atoms with Gasteiger partial charge in [-0.3, -0.25) is 15.0 Å². The van der Waals surface area contributed by atoms with Crippen molar-refractivity contribution in [1.82, 2.24) is 15.4 Å². The first-order valence-corrected chi connectivity index (χ1v) is 21.3. The van der Waals surface area contributed by atoms with Crippen LogP contribution in [-0.4, -0.2) is 110 Å². The summed E-state index contributed by atoms with van der Waals surface area (Å²) in [5.74, 6) is -4.85. The summed E-state index contributed by atoms with van der Waals surface area (Å²) in [6, 6.07) is 16.2. The molecular formula is C47H63N3O11. The molecule has 3 aromatic rings. The molecule has 1 spiro atoms. The van der Waals surface area contributed by atoms with E-state index in [0.717, 1.165) is 17.5 Å². The molecule has 332 valence electrons. The Balaban J connectivity index is 0.000000193. The number of amides is 2. The van der Waals surface area contributed by atoms with Crippen molar-refractivity contribution in [2.75, 3.05) is 0 Å². The van der Waals surface area contributed by atoms with E-state index in [9.17, 15) is 45.0 Å². The van der Waals surface area contributed by atoms with Gasteiger partial charge in [0.1, 0.15) is 28.1 Å². The summed E-state index contributed by atoms with van der Waals surface area (Å²) in [4.78, 5) is 41.6. The molecule has 2 aliphatic heterocycles. The lowest BCUT2D eigenvalue weighted by atomic mass is 9.52. The Morgan fingerprint density at radius 2 is 1.57 bits per heavy atom. The van der Waals surface area contributed by atoms with Crippen LogP contribution in [0.4, 0.5) is 0 Å². The number of esters is 1. The van der Waals surface area contributed by atoms with Crippen LogP contribution in [0.1, 0.15) is 129 Å². The molecule has 61 heavy (non-hydrogen) atoms. The number of aliphatic hydroxyl groups excluding tert-OH is 1. The van der Waals surface area contributed by atoms with Crippen LogP contribution in [-0.2, 0) is 15.9 Å². The van der Waals surface area contributed by atoms with Crippen molar-refractivity contribution in [2.24, 2.45) is 22.7 Å². The number of H-pyrrole nitrogens is 1. The number of ether oxygens (including phenoxy) is 2. The van der Waals surface area contributed by atoms with E-state index in [2.05, 4.69) is 17.3 Å². The molecule has 14 nitrogen and oxygen atoms in total. The maximum atomic E-state index is 13.2. The van der Waals surface area contributed by atoms with E-state index in [1.54, 1.807) is 39.0 Å². The van der Waals surface area contributed by atoms with Crippen molar-refractivity contribution < 1.29 is 54.5 Å². The zero-order chi connectivity index (χ0) is 45.3. The second-order valence-electron chi connectivity index (χ2n) is 20.1. The van der Waals surface area contributed by atoms with Crippen molar-refractivity contribution in [3.8, 4) is 0 Å². The van der Waals surface area contributed by atoms with E-state index in [1.807, 2.05) is 65.0 Å². The number of hydrogen-bond donors (Lipinski definition) is 8. The number of rotatable bonds is 6. The number of benzene rings is 2. The molecule has 4 saturated carbocycles. The lowest BCUT2D eigenvalue weighted by molar-refractivity contribution is -0.390. The lowest BCUT2D eigenvalue weighted by Gasteiger charge is -2.60. The highest BCUT2D eigenvalue weighted by Crippen LogP contribution is 2.90. The molecule has 11 atom stereocenters. The fraction of sp³-hybridized carbons (Fsp3) is 0.596. The van der Waals surface area contributed by atoms with Crippen molar-refractivity contribution >= 4 is 17.8 Å². The zero-order valence-electron chi connectivity index (χ0n) is 37.1. The summed E-state index contributed by atoms with van der Waals surface area (Å²) in [6.45, 7) is 19.6. The Bertz CT molecular complexity index is 2220. The number of nitrogens with zero attached hydrogens (tertiary/aromatic N) is 1. The third-order valence-electron chi connectivity index (χ3n) is 15.5. The lowest BCUT2D eigenvalue weighted by Crippen LogP contribution is -2.75. The maximum Gasteiger partial charge on any atom is 0.355 e. The van der Waals surface area contributed by atoms with Crippen LogP contribution in [0.25, 0.3) is 0 Å². The Kier molecular flexibility index (Phi) is 10.2. The Morgan fingerprint density at radius 1 is 0.967 bits per heavy atom. The third kappa shape index (κ3) is 5.30. The number of aryl methyl sites for hydroxylation is 3. The normalized spacial score (nSPS) is 39.1. The molecule has 1 aromatic heterocycles. The van der Waals surface area contributed by atoms with E-state index < -0.39 is 80.2 Å². The monoisotopic (exact) mass is 845 g/mol. The second kappa shape index (κ2) is 13.9. The Morgan fingerprint density at radius 3 is 2.10 bits per heavy atom. The molecule has 6 aliphatic rings. The largest absolute Gasteiger partial charge is 0.451 e. The number of carbonyl (C=O) groups is 3. The molecular weight excluding hydrogens is 783 g/mol. The number of aliphatic hydroxyl groups is 6. The fourth-order valence-electron chi connectivity index (χ4n) is 12.4. The van der Waals surface area contributed by atoms with Crippen LogP contribution >= 0.6 is 0 Å². The first kappa shape index (κ1) is 44.9. The van der Waals surface area contributed by atoms with Gasteiger partial charge in [0, 0.05) is 29.2 Å².